The number of nitrogens with zero attached hydrogens (tertiary/aromatic N) is 2. The standard InChI is InChI=1S/C22H38N4O2.HI/c1-6-23-22(24-15-18(4)19-9-7-8-10-21(19)27-5)25-16-20(17(2)3)26-11-13-28-14-12-26;/h7-10,17-18,20H,6,11-16H2,1-5H3,(H2,23,24,25);1H. The van der Waals surface area contributed by atoms with E-state index in [0.717, 1.165) is 57.6 Å². The van der Waals surface area contributed by atoms with Crippen molar-refractivity contribution in [3.05, 3.63) is 29.8 Å². The third-order valence-corrected chi connectivity index (χ3v) is 5.31. The Labute approximate surface area is 193 Å². The highest BCUT2D eigenvalue weighted by atomic mass is 127. The predicted molar refractivity (Wildman–Crippen MR) is 132 cm³/mol. The Hall–Kier alpha value is -1.06. The second-order valence-electron chi connectivity index (χ2n) is 7.70. The summed E-state index contributed by atoms with van der Waals surface area (Å²) in [6.45, 7) is 14.9. The first-order chi connectivity index (χ1) is 13.6. The molecule has 0 radical (unpaired) electrons. The molecule has 1 saturated heterocycles. The van der Waals surface area contributed by atoms with E-state index >= 15 is 0 Å². The summed E-state index contributed by atoms with van der Waals surface area (Å²) >= 11 is 0. The molecule has 2 rings (SSSR count). The van der Waals surface area contributed by atoms with E-state index in [1.807, 2.05) is 12.1 Å². The van der Waals surface area contributed by atoms with Gasteiger partial charge >= 0.3 is 0 Å². The molecule has 6 nitrogen and oxygen atoms in total. The number of nitrogens with one attached hydrogen (secondary N) is 2. The van der Waals surface area contributed by atoms with Crippen LogP contribution in [0.2, 0.25) is 0 Å². The number of hydrogen-bond donors (Lipinski definition) is 2. The van der Waals surface area contributed by atoms with Crippen molar-refractivity contribution >= 4 is 29.9 Å². The number of rotatable bonds is 9. The summed E-state index contributed by atoms with van der Waals surface area (Å²) in [4.78, 5) is 7.41. The zero-order chi connectivity index (χ0) is 20.4. The van der Waals surface area contributed by atoms with Gasteiger partial charge in [0.25, 0.3) is 0 Å². The molecule has 1 aliphatic heterocycles. The van der Waals surface area contributed by atoms with E-state index in [1.54, 1.807) is 7.11 Å². The molecule has 1 fully saturated rings. The highest BCUT2D eigenvalue weighted by Gasteiger charge is 2.23. The Morgan fingerprint density at radius 2 is 1.86 bits per heavy atom. The first-order valence-corrected chi connectivity index (χ1v) is 10.5. The van der Waals surface area contributed by atoms with Crippen LogP contribution >= 0.6 is 24.0 Å². The van der Waals surface area contributed by atoms with Crippen molar-refractivity contribution in [1.82, 2.24) is 15.5 Å². The quantitative estimate of drug-likeness (QED) is 0.299. The molecule has 1 aromatic carbocycles. The van der Waals surface area contributed by atoms with Crippen molar-refractivity contribution in [2.75, 3.05) is 53.0 Å². The fourth-order valence-electron chi connectivity index (χ4n) is 3.62. The minimum Gasteiger partial charge on any atom is -0.496 e. The van der Waals surface area contributed by atoms with Crippen molar-refractivity contribution in [2.45, 2.75) is 39.7 Å². The number of para-hydroxylation sites is 1. The Bertz CT molecular complexity index is 606. The third kappa shape index (κ3) is 8.30. The number of methoxy groups -OCH3 is 1. The average molecular weight is 518 g/mol. The minimum atomic E-state index is 0. The van der Waals surface area contributed by atoms with Gasteiger partial charge in [0.2, 0.25) is 0 Å². The number of benzene rings is 1. The van der Waals surface area contributed by atoms with Crippen LogP contribution in [0.25, 0.3) is 0 Å². The molecule has 0 aliphatic carbocycles. The van der Waals surface area contributed by atoms with Gasteiger partial charge in [-0.25, -0.2) is 0 Å². The fourth-order valence-corrected chi connectivity index (χ4v) is 3.62. The molecule has 2 N–H and O–H groups in total. The van der Waals surface area contributed by atoms with Gasteiger partial charge in [-0.1, -0.05) is 39.0 Å². The fraction of sp³-hybridized carbons (Fsp3) is 0.682. The van der Waals surface area contributed by atoms with Gasteiger partial charge in [0, 0.05) is 38.1 Å². The molecular weight excluding hydrogens is 479 g/mol. The molecule has 2 unspecified atom stereocenters. The zero-order valence-corrected chi connectivity index (χ0v) is 20.9. The van der Waals surface area contributed by atoms with E-state index in [2.05, 4.69) is 55.4 Å². The van der Waals surface area contributed by atoms with E-state index in [0.29, 0.717) is 17.9 Å². The molecule has 7 heteroatoms. The third-order valence-electron chi connectivity index (χ3n) is 5.31. The largest absolute Gasteiger partial charge is 0.496 e. The van der Waals surface area contributed by atoms with Crippen molar-refractivity contribution in [2.24, 2.45) is 10.9 Å². The van der Waals surface area contributed by atoms with E-state index < -0.39 is 0 Å². The zero-order valence-electron chi connectivity index (χ0n) is 18.6. The van der Waals surface area contributed by atoms with Gasteiger partial charge in [-0.2, -0.15) is 0 Å². The summed E-state index contributed by atoms with van der Waals surface area (Å²) in [5.41, 5.74) is 1.21. The summed E-state index contributed by atoms with van der Waals surface area (Å²) in [6.07, 6.45) is 0. The van der Waals surface area contributed by atoms with Gasteiger partial charge in [-0.05, 0) is 24.5 Å². The van der Waals surface area contributed by atoms with Crippen molar-refractivity contribution in [1.29, 1.82) is 0 Å². The van der Waals surface area contributed by atoms with Gasteiger partial charge in [-0.3, -0.25) is 9.89 Å². The second kappa shape index (κ2) is 14.0. The molecule has 0 aromatic heterocycles. The molecule has 1 aromatic rings. The summed E-state index contributed by atoms with van der Waals surface area (Å²) in [7, 11) is 1.72. The molecule has 0 spiro atoms. The van der Waals surface area contributed by atoms with E-state index in [4.69, 9.17) is 14.5 Å². The number of hydrogen-bond acceptors (Lipinski definition) is 4. The van der Waals surface area contributed by atoms with Gasteiger partial charge in [0.05, 0.1) is 26.9 Å². The Morgan fingerprint density at radius 3 is 2.48 bits per heavy atom. The van der Waals surface area contributed by atoms with Crippen molar-refractivity contribution < 1.29 is 9.47 Å². The molecule has 2 atom stereocenters. The number of aliphatic imine (C=N–C) groups is 1. The maximum Gasteiger partial charge on any atom is 0.191 e. The summed E-state index contributed by atoms with van der Waals surface area (Å²) in [5.74, 6) is 2.69. The summed E-state index contributed by atoms with van der Waals surface area (Å²) < 4.78 is 11.0. The van der Waals surface area contributed by atoms with Crippen LogP contribution < -0.4 is 15.4 Å². The lowest BCUT2D eigenvalue weighted by Gasteiger charge is -2.36. The maximum absolute atomic E-state index is 5.51. The Kier molecular flexibility index (Phi) is 12.6. The summed E-state index contributed by atoms with van der Waals surface area (Å²) in [6, 6.07) is 8.64. The highest BCUT2D eigenvalue weighted by molar-refractivity contribution is 14.0. The number of morpholine rings is 1. The number of halogens is 1. The lowest BCUT2D eigenvalue weighted by atomic mass is 10.0. The summed E-state index contributed by atoms with van der Waals surface area (Å²) in [5, 5.41) is 6.89. The van der Waals surface area contributed by atoms with Crippen LogP contribution in [-0.4, -0.2) is 69.9 Å². The Balaban J connectivity index is 0.00000420. The molecule has 0 amide bonds. The van der Waals surface area contributed by atoms with Crippen LogP contribution in [-0.2, 0) is 4.74 Å². The van der Waals surface area contributed by atoms with Gasteiger partial charge < -0.3 is 20.1 Å². The molecule has 0 saturated carbocycles. The average Bonchev–Trinajstić information content (AvgIpc) is 2.72. The second-order valence-corrected chi connectivity index (χ2v) is 7.70. The van der Waals surface area contributed by atoms with Crippen molar-refractivity contribution in [3.8, 4) is 5.75 Å². The molecule has 29 heavy (non-hydrogen) atoms. The van der Waals surface area contributed by atoms with E-state index in [1.165, 1.54) is 5.56 Å². The van der Waals surface area contributed by atoms with Crippen LogP contribution in [0.4, 0.5) is 0 Å². The highest BCUT2D eigenvalue weighted by Crippen LogP contribution is 2.25. The lowest BCUT2D eigenvalue weighted by Crippen LogP contribution is -2.48. The number of ether oxygens (including phenoxy) is 2. The molecular formula is C22H39IN4O2. The van der Waals surface area contributed by atoms with Crippen LogP contribution in [0.5, 0.6) is 5.75 Å². The van der Waals surface area contributed by atoms with Crippen LogP contribution in [0, 0.1) is 5.92 Å². The monoisotopic (exact) mass is 518 g/mol. The molecule has 1 heterocycles. The molecule has 166 valence electrons. The first-order valence-electron chi connectivity index (χ1n) is 10.5. The van der Waals surface area contributed by atoms with Crippen LogP contribution in [0.1, 0.15) is 39.2 Å². The SMILES string of the molecule is CCNC(=NCC(C(C)C)N1CCOCC1)NCC(C)c1ccccc1OC.I. The normalized spacial score (nSPS) is 17.4. The van der Waals surface area contributed by atoms with E-state index in [-0.39, 0.29) is 24.0 Å². The lowest BCUT2D eigenvalue weighted by molar-refractivity contribution is 0.00867. The topological polar surface area (TPSA) is 58.1 Å². The van der Waals surface area contributed by atoms with Crippen molar-refractivity contribution in [3.63, 3.8) is 0 Å². The van der Waals surface area contributed by atoms with Gasteiger partial charge in [0.15, 0.2) is 5.96 Å². The van der Waals surface area contributed by atoms with Crippen LogP contribution in [0.15, 0.2) is 29.3 Å². The van der Waals surface area contributed by atoms with E-state index in [9.17, 15) is 0 Å². The molecule has 1 aliphatic rings. The van der Waals surface area contributed by atoms with Crippen LogP contribution in [0.3, 0.4) is 0 Å². The minimum absolute atomic E-state index is 0. The maximum atomic E-state index is 5.51. The molecule has 0 bridgehead atoms. The smallest absolute Gasteiger partial charge is 0.191 e. The van der Waals surface area contributed by atoms with Gasteiger partial charge in [-0.15, -0.1) is 24.0 Å². The first kappa shape index (κ1) is 26.0. The van der Waals surface area contributed by atoms with Gasteiger partial charge in [0.1, 0.15) is 5.75 Å². The predicted octanol–water partition coefficient (Wildman–Crippen LogP) is 3.33. The number of guanidine groups is 1. The Morgan fingerprint density at radius 1 is 1.17 bits per heavy atom.